The highest BCUT2D eigenvalue weighted by molar-refractivity contribution is 5.92. The normalized spacial score (nSPS) is 14.1. The molecule has 1 aliphatic heterocycles. The molecule has 0 bridgehead atoms. The van der Waals surface area contributed by atoms with Crippen LogP contribution in [0.2, 0.25) is 0 Å². The zero-order valence-corrected chi connectivity index (χ0v) is 18.2. The highest BCUT2D eigenvalue weighted by Crippen LogP contribution is 2.22. The Balaban J connectivity index is 1.27. The van der Waals surface area contributed by atoms with Crippen molar-refractivity contribution in [2.45, 2.75) is 13.0 Å². The van der Waals surface area contributed by atoms with E-state index in [4.69, 9.17) is 9.15 Å². The van der Waals surface area contributed by atoms with Gasteiger partial charge in [0.1, 0.15) is 11.6 Å². The zero-order chi connectivity index (χ0) is 23.0. The number of hydrogen-bond donors (Lipinski definition) is 2. The molecule has 0 saturated carbocycles. The second kappa shape index (κ2) is 10.9. The van der Waals surface area contributed by atoms with Crippen molar-refractivity contribution in [2.75, 3.05) is 38.2 Å². The predicted octanol–water partition coefficient (Wildman–Crippen LogP) is 3.68. The number of halogens is 1. The Hall–Kier alpha value is -3.49. The monoisotopic (exact) mass is 451 g/mol. The van der Waals surface area contributed by atoms with Gasteiger partial charge in [-0.15, -0.1) is 0 Å². The molecule has 0 unspecified atom stereocenters. The van der Waals surface area contributed by atoms with Crippen molar-refractivity contribution in [3.05, 3.63) is 77.8 Å². The van der Waals surface area contributed by atoms with E-state index in [1.165, 1.54) is 12.1 Å². The van der Waals surface area contributed by atoms with Gasteiger partial charge in [0.05, 0.1) is 13.2 Å². The maximum absolute atomic E-state index is 13.1. The van der Waals surface area contributed by atoms with E-state index in [9.17, 15) is 14.0 Å². The van der Waals surface area contributed by atoms with E-state index >= 15 is 0 Å². The van der Waals surface area contributed by atoms with Gasteiger partial charge in [-0.3, -0.25) is 14.5 Å². The van der Waals surface area contributed by atoms with Crippen LogP contribution in [0.5, 0.6) is 0 Å². The minimum Gasteiger partial charge on any atom is -0.451 e. The molecule has 2 heterocycles. The first kappa shape index (κ1) is 22.7. The van der Waals surface area contributed by atoms with Crippen molar-refractivity contribution < 1.29 is 23.1 Å². The molecule has 8 heteroatoms. The lowest BCUT2D eigenvalue weighted by Gasteiger charge is -2.26. The Morgan fingerprint density at radius 1 is 1.00 bits per heavy atom. The van der Waals surface area contributed by atoms with Crippen LogP contribution in [-0.2, 0) is 16.1 Å². The van der Waals surface area contributed by atoms with Crippen LogP contribution in [0.4, 0.5) is 10.1 Å². The first-order valence-corrected chi connectivity index (χ1v) is 10.9. The lowest BCUT2D eigenvalue weighted by atomic mass is 10.2. The van der Waals surface area contributed by atoms with E-state index in [1.807, 2.05) is 24.3 Å². The van der Waals surface area contributed by atoms with E-state index in [0.717, 1.165) is 18.7 Å². The molecule has 1 fully saturated rings. The average molecular weight is 451 g/mol. The first-order valence-electron chi connectivity index (χ1n) is 10.9. The molecular formula is C25H26FN3O4. The number of furan rings is 1. The molecule has 0 atom stereocenters. The van der Waals surface area contributed by atoms with Gasteiger partial charge in [-0.1, -0.05) is 12.1 Å². The molecule has 2 aromatic carbocycles. The molecule has 1 saturated heterocycles. The van der Waals surface area contributed by atoms with Crippen LogP contribution in [-0.4, -0.2) is 49.6 Å². The van der Waals surface area contributed by atoms with Crippen molar-refractivity contribution >= 4 is 17.5 Å². The van der Waals surface area contributed by atoms with E-state index in [0.29, 0.717) is 43.2 Å². The third kappa shape index (κ3) is 6.50. The van der Waals surface area contributed by atoms with Gasteiger partial charge in [0.2, 0.25) is 5.91 Å². The van der Waals surface area contributed by atoms with Gasteiger partial charge < -0.3 is 19.8 Å². The molecule has 0 spiro atoms. The van der Waals surface area contributed by atoms with E-state index in [-0.39, 0.29) is 29.9 Å². The number of benzene rings is 2. The number of carbonyl (C=O) groups is 2. The largest absolute Gasteiger partial charge is 0.451 e. The summed E-state index contributed by atoms with van der Waals surface area (Å²) in [7, 11) is 0. The van der Waals surface area contributed by atoms with Gasteiger partial charge in [0.15, 0.2) is 5.76 Å². The van der Waals surface area contributed by atoms with Gasteiger partial charge in [-0.2, -0.15) is 0 Å². The standard InChI is InChI=1S/C25H26FN3O4/c26-20-6-4-19(5-7-20)22-8-9-23(33-22)25(31)27-17-18-2-1-3-21(16-18)28-24(30)10-11-29-12-14-32-15-13-29/h1-9,16H,10-15,17H2,(H,27,31)(H,28,30). The fourth-order valence-electron chi connectivity index (χ4n) is 3.57. The SMILES string of the molecule is O=C(CCN1CCOCC1)Nc1cccc(CNC(=O)c2ccc(-c3ccc(F)cc3)o2)c1. The summed E-state index contributed by atoms with van der Waals surface area (Å²) in [6.45, 7) is 4.10. The second-order valence-corrected chi connectivity index (χ2v) is 7.81. The van der Waals surface area contributed by atoms with Crippen molar-refractivity contribution in [2.24, 2.45) is 0 Å². The Morgan fingerprint density at radius 2 is 1.79 bits per heavy atom. The van der Waals surface area contributed by atoms with Gasteiger partial charge in [-0.25, -0.2) is 4.39 Å². The molecule has 2 N–H and O–H groups in total. The fraction of sp³-hybridized carbons (Fsp3) is 0.280. The molecule has 33 heavy (non-hydrogen) atoms. The molecule has 7 nitrogen and oxygen atoms in total. The summed E-state index contributed by atoms with van der Waals surface area (Å²) in [4.78, 5) is 27.0. The first-order chi connectivity index (χ1) is 16.1. The molecule has 3 aromatic rings. The lowest BCUT2D eigenvalue weighted by Crippen LogP contribution is -2.38. The zero-order valence-electron chi connectivity index (χ0n) is 18.2. The maximum Gasteiger partial charge on any atom is 0.287 e. The van der Waals surface area contributed by atoms with E-state index in [2.05, 4.69) is 15.5 Å². The van der Waals surface area contributed by atoms with Gasteiger partial charge in [0, 0.05) is 43.9 Å². The Morgan fingerprint density at radius 3 is 2.58 bits per heavy atom. The van der Waals surface area contributed by atoms with Crippen molar-refractivity contribution in [1.82, 2.24) is 10.2 Å². The van der Waals surface area contributed by atoms with Crippen LogP contribution in [0.15, 0.2) is 65.1 Å². The molecular weight excluding hydrogens is 425 g/mol. The van der Waals surface area contributed by atoms with E-state index < -0.39 is 0 Å². The summed E-state index contributed by atoms with van der Waals surface area (Å²) in [5.74, 6) is -0.0856. The number of carbonyl (C=O) groups excluding carboxylic acids is 2. The predicted molar refractivity (Wildman–Crippen MR) is 122 cm³/mol. The highest BCUT2D eigenvalue weighted by atomic mass is 19.1. The number of nitrogens with zero attached hydrogens (tertiary/aromatic N) is 1. The minimum atomic E-state index is -0.358. The molecule has 0 radical (unpaired) electrons. The summed E-state index contributed by atoms with van der Waals surface area (Å²) in [5.41, 5.74) is 2.22. The van der Waals surface area contributed by atoms with Crippen LogP contribution in [0, 0.1) is 5.82 Å². The molecule has 0 aliphatic carbocycles. The summed E-state index contributed by atoms with van der Waals surface area (Å²) in [5, 5.41) is 5.73. The van der Waals surface area contributed by atoms with Gasteiger partial charge in [0.25, 0.3) is 5.91 Å². The average Bonchev–Trinajstić information content (AvgIpc) is 3.33. The quantitative estimate of drug-likeness (QED) is 0.546. The Labute approximate surface area is 191 Å². The topological polar surface area (TPSA) is 83.8 Å². The fourth-order valence-corrected chi connectivity index (χ4v) is 3.57. The van der Waals surface area contributed by atoms with Crippen molar-refractivity contribution in [3.8, 4) is 11.3 Å². The lowest BCUT2D eigenvalue weighted by molar-refractivity contribution is -0.116. The molecule has 4 rings (SSSR count). The van der Waals surface area contributed by atoms with Crippen LogP contribution in [0.25, 0.3) is 11.3 Å². The number of nitrogens with one attached hydrogen (secondary N) is 2. The minimum absolute atomic E-state index is 0.0495. The Kier molecular flexibility index (Phi) is 7.49. The summed E-state index contributed by atoms with van der Waals surface area (Å²) in [6.07, 6.45) is 0.413. The number of rotatable bonds is 8. The van der Waals surface area contributed by atoms with Crippen molar-refractivity contribution in [1.29, 1.82) is 0 Å². The summed E-state index contributed by atoms with van der Waals surface area (Å²) in [6, 6.07) is 16.5. The number of morpholine rings is 1. The smallest absolute Gasteiger partial charge is 0.287 e. The molecule has 1 aliphatic rings. The van der Waals surface area contributed by atoms with Gasteiger partial charge in [-0.05, 0) is 54.1 Å². The highest BCUT2D eigenvalue weighted by Gasteiger charge is 2.14. The molecule has 2 amide bonds. The third-order valence-corrected chi connectivity index (χ3v) is 5.38. The third-order valence-electron chi connectivity index (χ3n) is 5.38. The molecule has 172 valence electrons. The maximum atomic E-state index is 13.1. The Bertz CT molecular complexity index is 1090. The summed E-state index contributed by atoms with van der Waals surface area (Å²) >= 11 is 0. The number of ether oxygens (including phenoxy) is 1. The van der Waals surface area contributed by atoms with Crippen LogP contribution in [0.1, 0.15) is 22.5 Å². The van der Waals surface area contributed by atoms with Crippen LogP contribution in [0.3, 0.4) is 0 Å². The number of anilines is 1. The number of hydrogen-bond acceptors (Lipinski definition) is 5. The summed E-state index contributed by atoms with van der Waals surface area (Å²) < 4.78 is 24.0. The van der Waals surface area contributed by atoms with Crippen molar-refractivity contribution in [3.63, 3.8) is 0 Å². The van der Waals surface area contributed by atoms with Gasteiger partial charge >= 0.3 is 0 Å². The van der Waals surface area contributed by atoms with Crippen LogP contribution < -0.4 is 10.6 Å². The molecule has 1 aromatic heterocycles. The number of amides is 2. The van der Waals surface area contributed by atoms with E-state index in [1.54, 1.807) is 24.3 Å². The van der Waals surface area contributed by atoms with Crippen LogP contribution >= 0.6 is 0 Å². The second-order valence-electron chi connectivity index (χ2n) is 7.81.